The lowest BCUT2D eigenvalue weighted by atomic mass is 9.79. The highest BCUT2D eigenvalue weighted by Gasteiger charge is 2.48. The number of hydrogen-bond donors (Lipinski definition) is 4. The molecule has 1 aromatic heterocycles. The highest BCUT2D eigenvalue weighted by Crippen LogP contribution is 2.38. The van der Waals surface area contributed by atoms with E-state index in [2.05, 4.69) is 10.4 Å². The van der Waals surface area contributed by atoms with Crippen molar-refractivity contribution in [3.05, 3.63) is 41.6 Å². The fraction of sp³-hybridized carbons (Fsp3) is 0.545. The SMILES string of the molecule is CC1CC(O)CCC1n1cc(C(N)=O)c(Nc2ccc(C(C)(C)C(O)C(F)(F)F)cc2)n1. The van der Waals surface area contributed by atoms with Gasteiger partial charge in [0.1, 0.15) is 5.56 Å². The molecule has 1 fully saturated rings. The van der Waals surface area contributed by atoms with Crippen LogP contribution in [-0.4, -0.2) is 44.3 Å². The van der Waals surface area contributed by atoms with Gasteiger partial charge in [-0.3, -0.25) is 9.48 Å². The zero-order valence-electron chi connectivity index (χ0n) is 18.2. The molecule has 176 valence electrons. The number of halogens is 3. The number of nitrogens with zero attached hydrogens (tertiary/aromatic N) is 2. The topological polar surface area (TPSA) is 113 Å². The number of aromatic nitrogens is 2. The molecule has 2 aromatic rings. The number of aliphatic hydroxyl groups excluding tert-OH is 2. The molecule has 1 amide bonds. The Morgan fingerprint density at radius 3 is 2.41 bits per heavy atom. The maximum atomic E-state index is 13.0. The third kappa shape index (κ3) is 4.91. The summed E-state index contributed by atoms with van der Waals surface area (Å²) in [4.78, 5) is 12.0. The van der Waals surface area contributed by atoms with E-state index in [1.807, 2.05) is 6.92 Å². The first-order chi connectivity index (χ1) is 14.8. The van der Waals surface area contributed by atoms with Crippen molar-refractivity contribution in [3.63, 3.8) is 0 Å². The molecule has 7 nitrogen and oxygen atoms in total. The summed E-state index contributed by atoms with van der Waals surface area (Å²) in [5.74, 6) is -0.250. The van der Waals surface area contributed by atoms with E-state index in [0.717, 1.165) is 0 Å². The minimum Gasteiger partial charge on any atom is -0.393 e. The number of amides is 1. The standard InChI is InChI=1S/C22H29F3N4O3/c1-12-10-15(30)8-9-17(12)29-11-16(18(26)31)19(28-29)27-14-6-4-13(5-7-14)21(2,3)20(32)22(23,24)25/h4-7,11-12,15,17,20,30,32H,8-10H2,1-3H3,(H2,26,31)(H,27,28). The number of nitrogens with one attached hydrogen (secondary N) is 1. The van der Waals surface area contributed by atoms with Gasteiger partial charge in [0.15, 0.2) is 11.9 Å². The molecule has 0 radical (unpaired) electrons. The minimum absolute atomic E-state index is 0.0130. The van der Waals surface area contributed by atoms with Crippen LogP contribution in [0.15, 0.2) is 30.5 Å². The van der Waals surface area contributed by atoms with Crippen LogP contribution in [0.25, 0.3) is 0 Å². The molecule has 0 saturated heterocycles. The second-order valence-electron chi connectivity index (χ2n) is 9.12. The second-order valence-corrected chi connectivity index (χ2v) is 9.12. The quantitative estimate of drug-likeness (QED) is 0.532. The number of benzene rings is 1. The van der Waals surface area contributed by atoms with Crippen LogP contribution in [0.5, 0.6) is 0 Å². The van der Waals surface area contributed by atoms with Gasteiger partial charge in [-0.15, -0.1) is 0 Å². The van der Waals surface area contributed by atoms with Crippen molar-refractivity contribution in [1.82, 2.24) is 9.78 Å². The Labute approximate surface area is 184 Å². The molecule has 1 aliphatic rings. The van der Waals surface area contributed by atoms with E-state index >= 15 is 0 Å². The molecule has 1 aliphatic carbocycles. The summed E-state index contributed by atoms with van der Waals surface area (Å²) in [6.45, 7) is 4.66. The minimum atomic E-state index is -4.74. The number of carbonyl (C=O) groups excluding carboxylic acids is 1. The predicted molar refractivity (Wildman–Crippen MR) is 114 cm³/mol. The van der Waals surface area contributed by atoms with Gasteiger partial charge in [-0.25, -0.2) is 0 Å². The third-order valence-corrected chi connectivity index (χ3v) is 6.32. The van der Waals surface area contributed by atoms with E-state index in [9.17, 15) is 28.2 Å². The summed E-state index contributed by atoms with van der Waals surface area (Å²) in [6, 6.07) is 6.11. The molecule has 1 heterocycles. The van der Waals surface area contributed by atoms with Gasteiger partial charge in [0, 0.05) is 17.3 Å². The van der Waals surface area contributed by atoms with Crippen LogP contribution >= 0.6 is 0 Å². The third-order valence-electron chi connectivity index (χ3n) is 6.32. The summed E-state index contributed by atoms with van der Waals surface area (Å²) in [5, 5.41) is 27.1. The summed E-state index contributed by atoms with van der Waals surface area (Å²) in [6.07, 6.45) is -4.01. The monoisotopic (exact) mass is 454 g/mol. The van der Waals surface area contributed by atoms with Crippen molar-refractivity contribution >= 4 is 17.4 Å². The lowest BCUT2D eigenvalue weighted by Crippen LogP contribution is -2.44. The zero-order chi connectivity index (χ0) is 23.8. The van der Waals surface area contributed by atoms with Gasteiger partial charge in [-0.1, -0.05) is 32.9 Å². The molecule has 0 bridgehead atoms. The molecule has 4 atom stereocenters. The highest BCUT2D eigenvalue weighted by molar-refractivity contribution is 5.98. The van der Waals surface area contributed by atoms with Crippen molar-refractivity contribution in [2.75, 3.05) is 5.32 Å². The lowest BCUT2D eigenvalue weighted by molar-refractivity contribution is -0.221. The number of nitrogens with two attached hydrogens (primary N) is 1. The number of aliphatic hydroxyl groups is 2. The van der Waals surface area contributed by atoms with Gasteiger partial charge in [-0.05, 0) is 42.9 Å². The highest BCUT2D eigenvalue weighted by atomic mass is 19.4. The molecule has 4 unspecified atom stereocenters. The van der Waals surface area contributed by atoms with E-state index in [-0.39, 0.29) is 29.4 Å². The van der Waals surface area contributed by atoms with Crippen molar-refractivity contribution in [1.29, 1.82) is 0 Å². The second kappa shape index (κ2) is 8.74. The molecular weight excluding hydrogens is 425 g/mol. The summed E-state index contributed by atoms with van der Waals surface area (Å²) in [5.41, 5.74) is 4.98. The van der Waals surface area contributed by atoms with Gasteiger partial charge < -0.3 is 21.3 Å². The Morgan fingerprint density at radius 1 is 1.25 bits per heavy atom. The summed E-state index contributed by atoms with van der Waals surface area (Å²) < 4.78 is 40.7. The fourth-order valence-corrected chi connectivity index (χ4v) is 4.27. The van der Waals surface area contributed by atoms with Crippen molar-refractivity contribution in [2.45, 2.75) is 69.9 Å². The van der Waals surface area contributed by atoms with E-state index in [0.29, 0.717) is 30.5 Å². The van der Waals surface area contributed by atoms with Crippen LogP contribution in [0.1, 0.15) is 62.0 Å². The van der Waals surface area contributed by atoms with E-state index in [1.54, 1.807) is 23.0 Å². The molecule has 3 rings (SSSR count). The normalized spacial score (nSPS) is 23.1. The molecule has 1 aromatic carbocycles. The Balaban J connectivity index is 1.83. The number of alkyl halides is 3. The fourth-order valence-electron chi connectivity index (χ4n) is 4.27. The molecule has 1 saturated carbocycles. The van der Waals surface area contributed by atoms with Crippen LogP contribution in [0.2, 0.25) is 0 Å². The van der Waals surface area contributed by atoms with Crippen LogP contribution < -0.4 is 11.1 Å². The smallest absolute Gasteiger partial charge is 0.393 e. The first kappa shape index (κ1) is 24.1. The number of rotatable bonds is 6. The van der Waals surface area contributed by atoms with Gasteiger partial charge in [0.25, 0.3) is 5.91 Å². The summed E-state index contributed by atoms with van der Waals surface area (Å²) >= 11 is 0. The van der Waals surface area contributed by atoms with Crippen LogP contribution in [0.4, 0.5) is 24.7 Å². The Bertz CT molecular complexity index is 956. The van der Waals surface area contributed by atoms with Crippen LogP contribution in [-0.2, 0) is 5.41 Å². The number of anilines is 2. The molecule has 5 N–H and O–H groups in total. The largest absolute Gasteiger partial charge is 0.415 e. The number of carbonyl (C=O) groups is 1. The average molecular weight is 454 g/mol. The van der Waals surface area contributed by atoms with Crippen LogP contribution in [0.3, 0.4) is 0 Å². The molecule has 32 heavy (non-hydrogen) atoms. The Morgan fingerprint density at radius 2 is 1.88 bits per heavy atom. The molecule has 10 heteroatoms. The Kier molecular flexibility index (Phi) is 6.57. The first-order valence-electron chi connectivity index (χ1n) is 10.5. The van der Waals surface area contributed by atoms with Gasteiger partial charge in [0.2, 0.25) is 0 Å². The number of hydrogen-bond acceptors (Lipinski definition) is 5. The van der Waals surface area contributed by atoms with Gasteiger partial charge in [0.05, 0.1) is 12.1 Å². The van der Waals surface area contributed by atoms with E-state index in [4.69, 9.17) is 5.73 Å². The molecule has 0 spiro atoms. The maximum Gasteiger partial charge on any atom is 0.415 e. The predicted octanol–water partition coefficient (Wildman–Crippen LogP) is 3.65. The average Bonchev–Trinajstić information content (AvgIpc) is 3.10. The Hall–Kier alpha value is -2.59. The van der Waals surface area contributed by atoms with Crippen molar-refractivity contribution < 1.29 is 28.2 Å². The zero-order valence-corrected chi connectivity index (χ0v) is 18.2. The van der Waals surface area contributed by atoms with E-state index in [1.165, 1.54) is 26.0 Å². The van der Waals surface area contributed by atoms with Crippen molar-refractivity contribution in [3.8, 4) is 0 Å². The molecule has 0 aliphatic heterocycles. The van der Waals surface area contributed by atoms with Crippen LogP contribution in [0, 0.1) is 5.92 Å². The van der Waals surface area contributed by atoms with Gasteiger partial charge in [-0.2, -0.15) is 18.3 Å². The molecular formula is C22H29F3N4O3. The lowest BCUT2D eigenvalue weighted by Gasteiger charge is -2.32. The summed E-state index contributed by atoms with van der Waals surface area (Å²) in [7, 11) is 0. The van der Waals surface area contributed by atoms with Crippen molar-refractivity contribution in [2.24, 2.45) is 11.7 Å². The van der Waals surface area contributed by atoms with Gasteiger partial charge >= 0.3 is 6.18 Å². The number of primary amides is 1. The maximum absolute atomic E-state index is 13.0. The first-order valence-corrected chi connectivity index (χ1v) is 10.5. The van der Waals surface area contributed by atoms with E-state index < -0.39 is 23.6 Å².